The molecule has 0 saturated carbocycles. The van der Waals surface area contributed by atoms with E-state index in [2.05, 4.69) is 15.3 Å². The second kappa shape index (κ2) is 6.80. The van der Waals surface area contributed by atoms with Crippen molar-refractivity contribution in [2.24, 2.45) is 0 Å². The maximum absolute atomic E-state index is 14.5. The van der Waals surface area contributed by atoms with Gasteiger partial charge in [0.15, 0.2) is 5.69 Å². The summed E-state index contributed by atoms with van der Waals surface area (Å²) in [4.78, 5) is 19.6. The van der Waals surface area contributed by atoms with Crippen molar-refractivity contribution in [1.82, 2.24) is 15.3 Å². The molecular weight excluding hydrogens is 326 g/mol. The number of nitrogens with two attached hydrogens (primary N) is 1. The number of carbonyl (C=O) groups excluding carboxylic acids is 1. The Morgan fingerprint density at radius 2 is 2.08 bits per heavy atom. The van der Waals surface area contributed by atoms with E-state index in [1.165, 1.54) is 24.4 Å². The summed E-state index contributed by atoms with van der Waals surface area (Å²) >= 11 is 0. The van der Waals surface area contributed by atoms with E-state index in [1.807, 2.05) is 6.92 Å². The van der Waals surface area contributed by atoms with Crippen molar-refractivity contribution in [2.75, 3.05) is 12.3 Å². The molecule has 0 atom stereocenters. The first-order valence-electron chi connectivity index (χ1n) is 8.22. The van der Waals surface area contributed by atoms with Crippen LogP contribution in [0, 0.1) is 11.8 Å². The number of rotatable bonds is 4. The number of fused-ring (bicyclic) bond motifs is 1. The topological polar surface area (TPSA) is 80.9 Å². The maximum atomic E-state index is 14.5. The zero-order chi connectivity index (χ0) is 18.8. The minimum absolute atomic E-state index is 0.0311. The van der Waals surface area contributed by atoms with Gasteiger partial charge in [0.1, 0.15) is 5.82 Å². The zero-order valence-electron chi connectivity index (χ0n) is 14.4. The Hall–Kier alpha value is -3.09. The van der Waals surface area contributed by atoms with Gasteiger partial charge in [-0.25, -0.2) is 14.4 Å². The van der Waals surface area contributed by atoms with Crippen LogP contribution in [0.4, 0.5) is 14.5 Å². The van der Waals surface area contributed by atoms with Crippen molar-refractivity contribution < 1.29 is 14.9 Å². The van der Waals surface area contributed by atoms with Gasteiger partial charge in [0.2, 0.25) is 5.95 Å². The Bertz CT molecular complexity index is 1010. The Morgan fingerprint density at radius 1 is 1.28 bits per heavy atom. The lowest BCUT2D eigenvalue weighted by Gasteiger charge is -2.12. The van der Waals surface area contributed by atoms with Crippen LogP contribution in [-0.2, 0) is 0 Å². The number of aromatic nitrogens is 2. The van der Waals surface area contributed by atoms with Gasteiger partial charge in [-0.15, -0.1) is 0 Å². The van der Waals surface area contributed by atoms with Crippen molar-refractivity contribution in [3.8, 4) is 11.1 Å². The summed E-state index contributed by atoms with van der Waals surface area (Å²) in [7, 11) is 0. The number of hydrogen-bond donors (Lipinski definition) is 2. The fourth-order valence-corrected chi connectivity index (χ4v) is 2.60. The lowest BCUT2D eigenvalue weighted by molar-refractivity contribution is 0.0950. The molecule has 0 aliphatic rings. The summed E-state index contributed by atoms with van der Waals surface area (Å²) in [6.07, 6.45) is 1.78. The van der Waals surface area contributed by atoms with Crippen molar-refractivity contribution in [2.45, 2.75) is 13.3 Å². The van der Waals surface area contributed by atoms with Crippen LogP contribution in [0.25, 0.3) is 21.9 Å². The monoisotopic (exact) mass is 343 g/mol. The minimum atomic E-state index is -0.966. The van der Waals surface area contributed by atoms with E-state index in [0.29, 0.717) is 11.9 Å². The molecule has 0 unspecified atom stereocenters. The third-order valence-electron chi connectivity index (χ3n) is 3.79. The van der Waals surface area contributed by atoms with Gasteiger partial charge in [0, 0.05) is 40.8 Å². The van der Waals surface area contributed by atoms with Crippen molar-refractivity contribution in [1.29, 1.82) is 0 Å². The van der Waals surface area contributed by atoms with Crippen LogP contribution in [0.2, 0.25) is 0 Å². The first kappa shape index (κ1) is 15.4. The molecule has 0 radical (unpaired) electrons. The first-order valence-corrected chi connectivity index (χ1v) is 7.72. The van der Waals surface area contributed by atoms with Crippen LogP contribution in [0.1, 0.15) is 25.2 Å². The molecule has 0 bridgehead atoms. The van der Waals surface area contributed by atoms with Crippen molar-refractivity contribution in [3.63, 3.8) is 0 Å². The fourth-order valence-electron chi connectivity index (χ4n) is 2.60. The highest BCUT2D eigenvalue weighted by molar-refractivity contribution is 6.09. The van der Waals surface area contributed by atoms with E-state index in [1.54, 1.807) is 0 Å². The van der Waals surface area contributed by atoms with Crippen LogP contribution < -0.4 is 11.1 Å². The number of anilines is 1. The van der Waals surface area contributed by atoms with E-state index in [9.17, 15) is 13.6 Å². The Kier molecular flexibility index (Phi) is 4.20. The predicted octanol–water partition coefficient (Wildman–Crippen LogP) is 3.30. The van der Waals surface area contributed by atoms with Gasteiger partial charge < -0.3 is 11.1 Å². The maximum Gasteiger partial charge on any atom is 0.272 e. The van der Waals surface area contributed by atoms with Crippen LogP contribution in [-0.4, -0.2) is 22.4 Å². The smallest absolute Gasteiger partial charge is 0.272 e. The van der Waals surface area contributed by atoms with E-state index < -0.39 is 17.7 Å². The molecule has 3 rings (SSSR count). The third-order valence-corrected chi connectivity index (χ3v) is 3.79. The molecule has 0 aliphatic heterocycles. The SMILES string of the molecule is [2H]c1ccc(-c2c(F)ccc3c(N)c(C(=O)NCCC)ncc23)c(F)n1. The van der Waals surface area contributed by atoms with Crippen LogP contribution in [0.15, 0.2) is 36.6 Å². The third kappa shape index (κ3) is 3.00. The predicted molar refractivity (Wildman–Crippen MR) is 91.9 cm³/mol. The number of hydrogen-bond acceptors (Lipinski definition) is 4. The van der Waals surface area contributed by atoms with E-state index in [4.69, 9.17) is 7.10 Å². The molecule has 3 N–H and O–H groups in total. The van der Waals surface area contributed by atoms with Crippen LogP contribution in [0.3, 0.4) is 0 Å². The number of benzene rings is 1. The average molecular weight is 343 g/mol. The molecule has 25 heavy (non-hydrogen) atoms. The number of carbonyl (C=O) groups is 1. The summed E-state index contributed by atoms with van der Waals surface area (Å²) in [5, 5.41) is 3.32. The number of pyridine rings is 2. The number of nitrogens with one attached hydrogen (secondary N) is 1. The van der Waals surface area contributed by atoms with E-state index >= 15 is 0 Å². The first-order chi connectivity index (χ1) is 12.4. The van der Waals surface area contributed by atoms with Crippen LogP contribution >= 0.6 is 0 Å². The van der Waals surface area contributed by atoms with Gasteiger partial charge in [-0.2, -0.15) is 4.39 Å². The molecule has 7 heteroatoms. The van der Waals surface area contributed by atoms with Gasteiger partial charge in [0.25, 0.3) is 5.91 Å². The summed E-state index contributed by atoms with van der Waals surface area (Å²) < 4.78 is 36.0. The summed E-state index contributed by atoms with van der Waals surface area (Å²) in [6, 6.07) is 5.11. The molecule has 0 aliphatic carbocycles. The van der Waals surface area contributed by atoms with E-state index in [0.717, 1.165) is 12.5 Å². The van der Waals surface area contributed by atoms with Gasteiger partial charge in [-0.1, -0.05) is 6.92 Å². The van der Waals surface area contributed by atoms with Gasteiger partial charge in [-0.3, -0.25) is 4.79 Å². The van der Waals surface area contributed by atoms with Crippen molar-refractivity contribution >= 4 is 22.4 Å². The molecule has 1 aromatic carbocycles. The summed E-state index contributed by atoms with van der Waals surface area (Å²) in [5.41, 5.74) is 6.02. The van der Waals surface area contributed by atoms with Gasteiger partial charge in [0.05, 0.1) is 7.06 Å². The zero-order valence-corrected chi connectivity index (χ0v) is 13.4. The largest absolute Gasteiger partial charge is 0.396 e. The number of halogens is 2. The standard InChI is InChI=1S/C18H16F2N4O/c1-2-7-23-18(25)16-15(21)10-5-6-13(19)14(12(10)9-24-16)11-4-3-8-22-17(11)20/h3-6,8-9H,2,7,21H2,1H3,(H,23,25)/i8D. The molecule has 0 fully saturated rings. The quantitative estimate of drug-likeness (QED) is 0.712. The molecule has 2 heterocycles. The summed E-state index contributed by atoms with van der Waals surface area (Å²) in [5.74, 6) is -2.07. The lowest BCUT2D eigenvalue weighted by Crippen LogP contribution is -2.26. The Labute approximate surface area is 144 Å². The molecule has 2 aromatic heterocycles. The number of nitrogens with zero attached hydrogens (tertiary/aromatic N) is 2. The fraction of sp³-hybridized carbons (Fsp3) is 0.167. The van der Waals surface area contributed by atoms with Crippen LogP contribution in [0.5, 0.6) is 0 Å². The molecule has 0 spiro atoms. The number of amides is 1. The highest BCUT2D eigenvalue weighted by atomic mass is 19.1. The highest BCUT2D eigenvalue weighted by Crippen LogP contribution is 2.35. The molecule has 1 amide bonds. The van der Waals surface area contributed by atoms with Crippen molar-refractivity contribution in [3.05, 3.63) is 54.1 Å². The average Bonchev–Trinajstić information content (AvgIpc) is 2.61. The summed E-state index contributed by atoms with van der Waals surface area (Å²) in [6.45, 7) is 2.39. The van der Waals surface area contributed by atoms with Gasteiger partial charge >= 0.3 is 0 Å². The Morgan fingerprint density at radius 3 is 2.80 bits per heavy atom. The molecular formula is C18H16F2N4O. The van der Waals surface area contributed by atoms with Gasteiger partial charge in [-0.05, 0) is 30.7 Å². The molecule has 3 aromatic rings. The minimum Gasteiger partial charge on any atom is -0.396 e. The molecule has 0 saturated heterocycles. The number of nitrogen functional groups attached to an aromatic ring is 1. The highest BCUT2D eigenvalue weighted by Gasteiger charge is 2.19. The molecule has 5 nitrogen and oxygen atoms in total. The lowest BCUT2D eigenvalue weighted by atomic mass is 9.98. The second-order valence-electron chi connectivity index (χ2n) is 5.44. The normalized spacial score (nSPS) is 11.4. The molecule has 128 valence electrons. The second-order valence-corrected chi connectivity index (χ2v) is 5.44. The van der Waals surface area contributed by atoms with E-state index in [-0.39, 0.29) is 34.1 Å². The Balaban J connectivity index is 2.21.